The molecule has 3 heterocycles. The van der Waals surface area contributed by atoms with E-state index in [4.69, 9.17) is 14.2 Å². The number of hydrogen-bond donors (Lipinski definition) is 2. The fraction of sp³-hybridized carbons (Fsp3) is 0.200. The molecule has 9 nitrogen and oxygen atoms in total. The van der Waals surface area contributed by atoms with Gasteiger partial charge < -0.3 is 24.8 Å². The van der Waals surface area contributed by atoms with Gasteiger partial charge in [-0.25, -0.2) is 4.98 Å². The first-order chi connectivity index (χ1) is 16.5. The molecule has 2 N–H and O–H groups in total. The van der Waals surface area contributed by atoms with Crippen molar-refractivity contribution in [3.63, 3.8) is 0 Å². The van der Waals surface area contributed by atoms with E-state index in [0.717, 1.165) is 17.7 Å². The van der Waals surface area contributed by atoms with Gasteiger partial charge in [-0.15, -0.1) is 0 Å². The summed E-state index contributed by atoms with van der Waals surface area (Å²) in [6.07, 6.45) is 6.90. The number of anilines is 1. The third-order valence-corrected chi connectivity index (χ3v) is 5.34. The number of rotatable bonds is 6. The van der Waals surface area contributed by atoms with Gasteiger partial charge in [0.15, 0.2) is 11.9 Å². The predicted octanol–water partition coefficient (Wildman–Crippen LogP) is 3.41. The number of aromatic nitrogens is 2. The lowest BCUT2D eigenvalue weighted by molar-refractivity contribution is 0.0945. The Kier molecular flexibility index (Phi) is 5.82. The van der Waals surface area contributed by atoms with Gasteiger partial charge in [0.1, 0.15) is 23.9 Å². The molecule has 0 radical (unpaired) electrons. The van der Waals surface area contributed by atoms with Crippen LogP contribution in [-0.2, 0) is 11.2 Å². The molecular formula is C25H22N4O5. The zero-order valence-electron chi connectivity index (χ0n) is 18.4. The van der Waals surface area contributed by atoms with Crippen LogP contribution in [0.4, 0.5) is 5.82 Å². The first-order valence-corrected chi connectivity index (χ1v) is 10.8. The fourth-order valence-electron chi connectivity index (χ4n) is 3.68. The van der Waals surface area contributed by atoms with Crippen molar-refractivity contribution in [3.8, 4) is 17.2 Å². The average Bonchev–Trinajstić information content (AvgIpc) is 3.33. The lowest BCUT2D eigenvalue weighted by atomic mass is 10.0. The van der Waals surface area contributed by atoms with E-state index in [2.05, 4.69) is 20.6 Å². The highest BCUT2D eigenvalue weighted by atomic mass is 16.5. The molecule has 0 bridgehead atoms. The largest absolute Gasteiger partial charge is 0.497 e. The Bertz CT molecular complexity index is 1270. The van der Waals surface area contributed by atoms with Crippen LogP contribution in [0.15, 0.2) is 61.1 Å². The summed E-state index contributed by atoms with van der Waals surface area (Å²) in [4.78, 5) is 33.3. The maximum atomic E-state index is 12.9. The molecule has 0 saturated carbocycles. The molecule has 2 aliphatic heterocycles. The Morgan fingerprint density at radius 3 is 2.79 bits per heavy atom. The van der Waals surface area contributed by atoms with Gasteiger partial charge in [0.2, 0.25) is 0 Å². The number of fused-ring (bicyclic) bond motifs is 1. The number of ether oxygens (including phenoxy) is 3. The molecule has 0 aliphatic carbocycles. The Labute approximate surface area is 195 Å². The second-order valence-corrected chi connectivity index (χ2v) is 7.94. The monoisotopic (exact) mass is 458 g/mol. The maximum Gasteiger partial charge on any atom is 0.257 e. The van der Waals surface area contributed by atoms with E-state index in [1.807, 2.05) is 13.0 Å². The molecule has 2 aliphatic rings. The standard InChI is InChI=1S/C25H22N4O5/c1-15-12-28-23(13-27-15)29-24(30)17-9-20(11-21(10-17)34-19-5-7-32-14-19)33-18-2-3-22-16(8-18)4-6-26-25(22)31/h2-3,5,7-13,19H,4,6,14H2,1H3,(H,26,31)(H,28,29,30)/t19-/m0/s1. The molecule has 172 valence electrons. The lowest BCUT2D eigenvalue weighted by Crippen LogP contribution is -2.31. The minimum atomic E-state index is -0.381. The number of aryl methyl sites for hydroxylation is 1. The number of nitrogens with one attached hydrogen (secondary N) is 2. The van der Waals surface area contributed by atoms with Gasteiger partial charge >= 0.3 is 0 Å². The van der Waals surface area contributed by atoms with Crippen LogP contribution in [0.1, 0.15) is 32.0 Å². The molecule has 0 saturated heterocycles. The van der Waals surface area contributed by atoms with Crippen molar-refractivity contribution >= 4 is 17.6 Å². The fourth-order valence-corrected chi connectivity index (χ4v) is 3.68. The summed E-state index contributed by atoms with van der Waals surface area (Å²) < 4.78 is 17.3. The molecule has 0 unspecified atom stereocenters. The van der Waals surface area contributed by atoms with E-state index in [1.165, 1.54) is 6.20 Å². The first-order valence-electron chi connectivity index (χ1n) is 10.8. The second kappa shape index (κ2) is 9.22. The molecule has 9 heteroatoms. The average molecular weight is 458 g/mol. The van der Waals surface area contributed by atoms with Crippen molar-refractivity contribution < 1.29 is 23.8 Å². The molecule has 5 rings (SSSR count). The van der Waals surface area contributed by atoms with Gasteiger partial charge in [-0.05, 0) is 55.3 Å². The van der Waals surface area contributed by atoms with Crippen molar-refractivity contribution in [3.05, 3.63) is 83.5 Å². The lowest BCUT2D eigenvalue weighted by Gasteiger charge is -2.18. The zero-order valence-corrected chi connectivity index (χ0v) is 18.4. The number of hydrogen-bond acceptors (Lipinski definition) is 7. The van der Waals surface area contributed by atoms with Crippen molar-refractivity contribution in [1.29, 1.82) is 0 Å². The Morgan fingerprint density at radius 1 is 1.12 bits per heavy atom. The normalized spacial score (nSPS) is 16.3. The third kappa shape index (κ3) is 4.83. The SMILES string of the molecule is Cc1cnc(NC(=O)c2cc(Oc3ccc4c(c3)CCNC4=O)cc(O[C@H]3C=COC3)c2)cn1. The summed E-state index contributed by atoms with van der Waals surface area (Å²) in [5, 5.41) is 5.56. The molecule has 0 spiro atoms. The topological polar surface area (TPSA) is 112 Å². The molecular weight excluding hydrogens is 436 g/mol. The molecule has 1 atom stereocenters. The molecule has 34 heavy (non-hydrogen) atoms. The van der Waals surface area contributed by atoms with Crippen LogP contribution in [0.25, 0.3) is 0 Å². The number of benzene rings is 2. The van der Waals surface area contributed by atoms with Crippen LogP contribution in [-0.4, -0.2) is 41.0 Å². The predicted molar refractivity (Wildman–Crippen MR) is 123 cm³/mol. The Balaban J connectivity index is 1.42. The van der Waals surface area contributed by atoms with E-state index in [9.17, 15) is 9.59 Å². The minimum absolute atomic E-state index is 0.0896. The minimum Gasteiger partial charge on any atom is -0.497 e. The summed E-state index contributed by atoms with van der Waals surface area (Å²) in [5.41, 5.74) is 2.63. The molecule has 2 amide bonds. The van der Waals surface area contributed by atoms with E-state index in [0.29, 0.717) is 47.3 Å². The van der Waals surface area contributed by atoms with Crippen LogP contribution < -0.4 is 20.1 Å². The van der Waals surface area contributed by atoms with Crippen LogP contribution in [0.3, 0.4) is 0 Å². The molecule has 0 fully saturated rings. The number of nitrogens with zero attached hydrogens (tertiary/aromatic N) is 2. The van der Waals surface area contributed by atoms with E-state index in [-0.39, 0.29) is 17.9 Å². The Hall–Kier alpha value is -4.40. The summed E-state index contributed by atoms with van der Waals surface area (Å²) in [6.45, 7) is 2.79. The van der Waals surface area contributed by atoms with E-state index >= 15 is 0 Å². The van der Waals surface area contributed by atoms with Crippen LogP contribution in [0, 0.1) is 6.92 Å². The van der Waals surface area contributed by atoms with Gasteiger partial charge in [-0.1, -0.05) is 0 Å². The zero-order chi connectivity index (χ0) is 23.5. The molecule has 3 aromatic rings. The highest BCUT2D eigenvalue weighted by Gasteiger charge is 2.19. The summed E-state index contributed by atoms with van der Waals surface area (Å²) >= 11 is 0. The summed E-state index contributed by atoms with van der Waals surface area (Å²) in [6, 6.07) is 10.3. The number of carbonyl (C=O) groups excluding carboxylic acids is 2. The van der Waals surface area contributed by atoms with E-state index in [1.54, 1.807) is 48.9 Å². The van der Waals surface area contributed by atoms with Gasteiger partial charge in [0, 0.05) is 23.7 Å². The molecule has 1 aromatic heterocycles. The first kappa shape index (κ1) is 21.4. The highest BCUT2D eigenvalue weighted by molar-refractivity contribution is 6.04. The quantitative estimate of drug-likeness (QED) is 0.582. The van der Waals surface area contributed by atoms with Gasteiger partial charge in [-0.3, -0.25) is 14.6 Å². The highest BCUT2D eigenvalue weighted by Crippen LogP contribution is 2.30. The summed E-state index contributed by atoms with van der Waals surface area (Å²) in [5.74, 6) is 1.30. The maximum absolute atomic E-state index is 12.9. The van der Waals surface area contributed by atoms with Crippen LogP contribution >= 0.6 is 0 Å². The van der Waals surface area contributed by atoms with Crippen molar-refractivity contribution in [2.24, 2.45) is 0 Å². The smallest absolute Gasteiger partial charge is 0.257 e. The van der Waals surface area contributed by atoms with Crippen molar-refractivity contribution in [1.82, 2.24) is 15.3 Å². The molecule has 2 aromatic carbocycles. The number of carbonyl (C=O) groups is 2. The number of amides is 2. The Morgan fingerprint density at radius 2 is 2.00 bits per heavy atom. The van der Waals surface area contributed by atoms with Crippen LogP contribution in [0.5, 0.6) is 17.2 Å². The van der Waals surface area contributed by atoms with Crippen LogP contribution in [0.2, 0.25) is 0 Å². The van der Waals surface area contributed by atoms with E-state index < -0.39 is 0 Å². The second-order valence-electron chi connectivity index (χ2n) is 7.94. The van der Waals surface area contributed by atoms with Crippen molar-refractivity contribution in [2.45, 2.75) is 19.4 Å². The van der Waals surface area contributed by atoms with Gasteiger partial charge in [0.05, 0.1) is 24.3 Å². The van der Waals surface area contributed by atoms with Crippen molar-refractivity contribution in [2.75, 3.05) is 18.5 Å². The van der Waals surface area contributed by atoms with Gasteiger partial charge in [-0.2, -0.15) is 0 Å². The van der Waals surface area contributed by atoms with Gasteiger partial charge in [0.25, 0.3) is 11.8 Å². The summed E-state index contributed by atoms with van der Waals surface area (Å²) in [7, 11) is 0. The third-order valence-electron chi connectivity index (χ3n) is 5.34.